The molecule has 0 bridgehead atoms. The molecule has 0 unspecified atom stereocenters. The van der Waals surface area contributed by atoms with Gasteiger partial charge in [-0.05, 0) is 51.4 Å². The van der Waals surface area contributed by atoms with Crippen molar-refractivity contribution in [2.45, 2.75) is 69.1 Å². The van der Waals surface area contributed by atoms with Crippen LogP contribution >= 0.6 is 0 Å². The third-order valence-corrected chi connectivity index (χ3v) is 34.6. The number of carbonyl (C=O) groups is 1. The molecule has 0 aromatic rings. The molecule has 21 heteroatoms. The van der Waals surface area contributed by atoms with Gasteiger partial charge in [-0.25, -0.2) is 4.79 Å². The summed E-state index contributed by atoms with van der Waals surface area (Å²) in [4.78, 5) is 12.5. The molecule has 0 rings (SSSR count). The molecule has 0 aliphatic carbocycles. The predicted molar refractivity (Wildman–Crippen MR) is 187 cm³/mol. The topological polar surface area (TPSA) is 137 Å². The van der Waals surface area contributed by atoms with Crippen molar-refractivity contribution in [1.82, 2.24) is 0 Å². The van der Waals surface area contributed by atoms with Crippen molar-refractivity contribution in [3.8, 4) is 0 Å². The van der Waals surface area contributed by atoms with Crippen molar-refractivity contribution >= 4 is 66.1 Å². The van der Waals surface area contributed by atoms with Crippen LogP contribution in [0.2, 0.25) is 69.1 Å². The Morgan fingerprint density at radius 3 is 1.09 bits per heavy atom. The molecule has 268 valence electrons. The second-order valence-corrected chi connectivity index (χ2v) is 38.0. The molecule has 0 spiro atoms. The summed E-state index contributed by atoms with van der Waals surface area (Å²) in [5, 5.41) is 0. The molecule has 0 saturated carbocycles. The number of esters is 1. The van der Waals surface area contributed by atoms with E-state index in [2.05, 4.69) is 32.8 Å². The monoisotopic (exact) mass is 768 g/mol. The third kappa shape index (κ3) is 14.7. The van der Waals surface area contributed by atoms with Gasteiger partial charge in [0.2, 0.25) is 0 Å². The second-order valence-electron chi connectivity index (χ2n) is 12.1. The van der Waals surface area contributed by atoms with E-state index in [9.17, 15) is 4.79 Å². The van der Waals surface area contributed by atoms with E-state index in [1.165, 1.54) is 0 Å². The van der Waals surface area contributed by atoms with Crippen LogP contribution in [0.25, 0.3) is 0 Å². The third-order valence-electron chi connectivity index (χ3n) is 7.36. The van der Waals surface area contributed by atoms with E-state index in [0.717, 1.165) is 6.08 Å². The second kappa shape index (κ2) is 19.4. The van der Waals surface area contributed by atoms with Gasteiger partial charge in [0.25, 0.3) is 0 Å². The first-order chi connectivity index (χ1) is 20.7. The van der Waals surface area contributed by atoms with E-state index < -0.39 is 66.1 Å². The van der Waals surface area contributed by atoms with E-state index in [1.807, 2.05) is 13.1 Å². The number of ether oxygens (including phenoxy) is 1. The summed E-state index contributed by atoms with van der Waals surface area (Å²) in [7, 11) is -6.64. The minimum Gasteiger partial charge on any atom is -0.458 e. The van der Waals surface area contributed by atoms with Crippen LogP contribution in [0, 0.1) is 0 Å². The molecular formula is C24H60O14Si7. The molecule has 0 aromatic heterocycles. The molecular weight excluding hydrogens is 709 g/mol. The maximum absolute atomic E-state index is 12.5. The molecule has 14 nitrogen and oxygen atoms in total. The number of rotatable bonds is 26. The molecule has 0 aliphatic heterocycles. The molecule has 45 heavy (non-hydrogen) atoms. The standard InChI is InChI=1S/C24H60O14Si7/c1-17-24(25)35-22-44(38-41(15,16)23-45(32-8,33-9)34-10,36-39(11,12)18-20-42(26-2,27-3)28-4)37-40(13,14)19-21-43(29-5,30-6)31-7/h17H,1,18-23H2,2-16H3. The molecule has 0 fully saturated rings. The van der Waals surface area contributed by atoms with Gasteiger partial charge in [-0.15, -0.1) is 0 Å². The zero-order valence-corrected chi connectivity index (χ0v) is 37.2. The lowest BCUT2D eigenvalue weighted by molar-refractivity contribution is -0.137. The Morgan fingerprint density at radius 1 is 0.489 bits per heavy atom. The highest BCUT2D eigenvalue weighted by Gasteiger charge is 2.57. The quantitative estimate of drug-likeness (QED) is 0.0712. The lowest BCUT2D eigenvalue weighted by Crippen LogP contribution is -2.66. The van der Waals surface area contributed by atoms with E-state index in [0.29, 0.717) is 29.8 Å². The fourth-order valence-electron chi connectivity index (χ4n) is 4.78. The van der Waals surface area contributed by atoms with Gasteiger partial charge in [-0.1, -0.05) is 6.58 Å². The number of carbonyl (C=O) groups excluding carboxylic acids is 1. The molecule has 0 aliphatic rings. The van der Waals surface area contributed by atoms with Gasteiger partial charge >= 0.3 is 41.2 Å². The van der Waals surface area contributed by atoms with E-state index >= 15 is 0 Å². The summed E-state index contributed by atoms with van der Waals surface area (Å²) >= 11 is 0. The van der Waals surface area contributed by atoms with Crippen molar-refractivity contribution in [2.24, 2.45) is 0 Å². The first-order valence-electron chi connectivity index (χ1n) is 14.6. The van der Waals surface area contributed by atoms with Crippen LogP contribution in [-0.4, -0.2) is 136 Å². The Balaban J connectivity index is 6.94. The number of hydrogen-bond donors (Lipinski definition) is 0. The normalized spacial score (nSPS) is 14.1. The highest BCUT2D eigenvalue weighted by Crippen LogP contribution is 2.35. The van der Waals surface area contributed by atoms with Gasteiger partial charge < -0.3 is 56.9 Å². The SMILES string of the molecule is C=CC(=O)OC[Si](O[Si](C)(C)CC[Si](OC)(OC)OC)(O[Si](C)(C)CC[Si](OC)(OC)OC)O[Si](C)(C)C[Si](OC)(OC)OC. The highest BCUT2D eigenvalue weighted by atomic mass is 28.5. The lowest BCUT2D eigenvalue weighted by atomic mass is 10.7. The first-order valence-corrected chi connectivity index (χ1v) is 31.7. The van der Waals surface area contributed by atoms with Gasteiger partial charge in [0, 0.05) is 87.8 Å². The maximum atomic E-state index is 12.5. The van der Waals surface area contributed by atoms with Crippen LogP contribution < -0.4 is 0 Å². The summed E-state index contributed by atoms with van der Waals surface area (Å²) in [5.41, 5.74) is 0.407. The zero-order valence-electron chi connectivity index (χ0n) is 30.2. The molecule has 0 heterocycles. The van der Waals surface area contributed by atoms with Gasteiger partial charge in [0.05, 0.1) is 0 Å². The van der Waals surface area contributed by atoms with E-state index in [1.54, 1.807) is 64.0 Å². The van der Waals surface area contributed by atoms with Crippen LogP contribution in [0.1, 0.15) is 0 Å². The Kier molecular flexibility index (Phi) is 19.5. The van der Waals surface area contributed by atoms with E-state index in [-0.39, 0.29) is 6.23 Å². The summed E-state index contributed by atoms with van der Waals surface area (Å²) in [6.07, 6.45) is 0.905. The summed E-state index contributed by atoms with van der Waals surface area (Å²) < 4.78 is 78.4. The smallest absolute Gasteiger partial charge is 0.458 e. The molecule has 0 radical (unpaired) electrons. The number of hydrogen-bond acceptors (Lipinski definition) is 14. The fourth-order valence-corrected chi connectivity index (χ4v) is 35.2. The summed E-state index contributed by atoms with van der Waals surface area (Å²) in [5.74, 6) is -0.607. The van der Waals surface area contributed by atoms with Crippen LogP contribution in [0.3, 0.4) is 0 Å². The lowest BCUT2D eigenvalue weighted by Gasteiger charge is -2.45. The van der Waals surface area contributed by atoms with Gasteiger partial charge in [0.15, 0.2) is 31.2 Å². The maximum Gasteiger partial charge on any atom is 0.509 e. The molecule has 0 saturated heterocycles. The predicted octanol–water partition coefficient (Wildman–Crippen LogP) is 4.03. The fraction of sp³-hybridized carbons (Fsp3) is 0.875. The molecule has 0 N–H and O–H groups in total. The van der Waals surface area contributed by atoms with E-state index in [4.69, 9.17) is 56.9 Å². The van der Waals surface area contributed by atoms with Crippen molar-refractivity contribution in [3.05, 3.63) is 12.7 Å². The molecule has 0 aromatic carbocycles. The highest BCUT2D eigenvalue weighted by molar-refractivity contribution is 6.94. The molecule has 0 amide bonds. The van der Waals surface area contributed by atoms with Crippen LogP contribution in [0.15, 0.2) is 12.7 Å². The van der Waals surface area contributed by atoms with Crippen LogP contribution in [-0.2, 0) is 61.7 Å². The van der Waals surface area contributed by atoms with Gasteiger partial charge in [-0.3, -0.25) is 0 Å². The Hall–Kier alpha value is 0.248. The van der Waals surface area contributed by atoms with Crippen LogP contribution in [0.4, 0.5) is 0 Å². The Bertz CT molecular complexity index is 821. The minimum atomic E-state index is -3.84. The molecule has 0 atom stereocenters. The Morgan fingerprint density at radius 2 is 0.800 bits per heavy atom. The van der Waals surface area contributed by atoms with Gasteiger partial charge in [-0.2, -0.15) is 0 Å². The average molecular weight is 769 g/mol. The van der Waals surface area contributed by atoms with Crippen molar-refractivity contribution in [1.29, 1.82) is 0 Å². The average Bonchev–Trinajstić information content (AvgIpc) is 3.00. The Labute approximate surface area is 279 Å². The summed E-state index contributed by atoms with van der Waals surface area (Å²) in [6.45, 7) is 15.9. The zero-order chi connectivity index (χ0) is 35.2. The largest absolute Gasteiger partial charge is 0.509 e. The van der Waals surface area contributed by atoms with Crippen LogP contribution in [0.5, 0.6) is 0 Å². The van der Waals surface area contributed by atoms with Gasteiger partial charge in [0.1, 0.15) is 0 Å². The minimum absolute atomic E-state index is 0.203. The van der Waals surface area contributed by atoms with Crippen molar-refractivity contribution in [3.63, 3.8) is 0 Å². The van der Waals surface area contributed by atoms with Crippen molar-refractivity contribution in [2.75, 3.05) is 70.2 Å². The summed E-state index contributed by atoms with van der Waals surface area (Å²) in [6, 6.07) is 2.25. The first kappa shape index (κ1) is 45.2. The van der Waals surface area contributed by atoms with Crippen molar-refractivity contribution < 1.29 is 61.7 Å².